The highest BCUT2D eigenvalue weighted by Crippen LogP contribution is 2.78. The van der Waals surface area contributed by atoms with Gasteiger partial charge in [-0.25, -0.2) is 5.06 Å². The lowest BCUT2D eigenvalue weighted by atomic mass is 9.50. The zero-order valence-corrected chi connectivity index (χ0v) is 20.6. The van der Waals surface area contributed by atoms with Crippen LogP contribution in [0.3, 0.4) is 0 Å². The summed E-state index contributed by atoms with van der Waals surface area (Å²) in [6.45, 7) is 3.08. The molecule has 4 heterocycles. The summed E-state index contributed by atoms with van der Waals surface area (Å²) in [6.07, 6.45) is -4.09. The highest BCUT2D eigenvalue weighted by Gasteiger charge is 2.95. The number of aliphatic hydroxyl groups is 2. The van der Waals surface area contributed by atoms with Crippen molar-refractivity contribution in [2.24, 2.45) is 22.7 Å². The summed E-state index contributed by atoms with van der Waals surface area (Å²) < 4.78 is 28.8. The SMILES string of the molecule is COc1cc(OC)c2c(c1)OC13C(C4OC1C1(C)C(=O)OC(=O)C41C)[C@@H](C(=O)N(C)OC)[C@@H](O)[C@@]23O. The Labute approximate surface area is 205 Å². The fourth-order valence-corrected chi connectivity index (χ4v) is 7.51. The Morgan fingerprint density at radius 3 is 2.36 bits per heavy atom. The molecule has 2 bridgehead atoms. The topological polar surface area (TPSA) is 150 Å². The van der Waals surface area contributed by atoms with Gasteiger partial charge in [-0.2, -0.15) is 0 Å². The van der Waals surface area contributed by atoms with E-state index in [0.717, 1.165) is 5.06 Å². The molecule has 1 saturated carbocycles. The second-order valence-corrected chi connectivity index (χ2v) is 10.4. The molecule has 194 valence electrons. The molecular weight excluding hydrogens is 478 g/mol. The molecule has 2 N–H and O–H groups in total. The van der Waals surface area contributed by atoms with E-state index in [1.54, 1.807) is 6.92 Å². The number of aliphatic hydroxyl groups excluding tert-OH is 1. The molecule has 5 aliphatic rings. The maximum Gasteiger partial charge on any atom is 0.323 e. The van der Waals surface area contributed by atoms with Gasteiger partial charge in [0.25, 0.3) is 5.91 Å². The van der Waals surface area contributed by atoms with Crippen molar-refractivity contribution in [3.05, 3.63) is 17.7 Å². The third-order valence-electron chi connectivity index (χ3n) is 9.47. The quantitative estimate of drug-likeness (QED) is 0.310. The number of carbonyl (C=O) groups is 3. The number of amides is 1. The Morgan fingerprint density at radius 1 is 1.08 bits per heavy atom. The first-order valence-corrected chi connectivity index (χ1v) is 11.5. The van der Waals surface area contributed by atoms with Crippen LogP contribution in [0.1, 0.15) is 19.4 Å². The van der Waals surface area contributed by atoms with E-state index in [-0.39, 0.29) is 17.1 Å². The fraction of sp³-hybridized carbons (Fsp3) is 0.625. The molecule has 0 aromatic heterocycles. The van der Waals surface area contributed by atoms with Crippen molar-refractivity contribution < 1.29 is 53.1 Å². The standard InChI is InChI=1S/C24H27NO11/c1-21-16-14-12(17(27)25(3)33-6)15(26)23(30)13-10(32-5)7-9(31-4)8-11(13)36-24(14,23)18(34-16)22(21,2)20(29)35-19(21)28/h7-8,12,14-16,18,26,30H,1-6H3/t12-,14?,15-,16?,18?,21?,22?,23+,24?/m1/s1. The van der Waals surface area contributed by atoms with E-state index < -0.39 is 70.0 Å². The van der Waals surface area contributed by atoms with E-state index in [9.17, 15) is 24.6 Å². The maximum absolute atomic E-state index is 13.5. The molecule has 4 fully saturated rings. The van der Waals surface area contributed by atoms with Crippen molar-refractivity contribution in [1.82, 2.24) is 5.06 Å². The molecule has 0 radical (unpaired) electrons. The number of carbonyl (C=O) groups excluding carboxylic acids is 3. The molecule has 6 unspecified atom stereocenters. The lowest BCUT2D eigenvalue weighted by Gasteiger charge is -2.49. The third-order valence-corrected chi connectivity index (χ3v) is 9.47. The number of benzene rings is 1. The van der Waals surface area contributed by atoms with Gasteiger partial charge in [-0.05, 0) is 13.8 Å². The molecule has 1 aromatic carbocycles. The van der Waals surface area contributed by atoms with Gasteiger partial charge in [0.05, 0.1) is 38.9 Å². The molecule has 1 amide bonds. The highest BCUT2D eigenvalue weighted by atomic mass is 16.7. The Hall–Kier alpha value is -2.93. The van der Waals surface area contributed by atoms with E-state index >= 15 is 0 Å². The van der Waals surface area contributed by atoms with Gasteiger partial charge in [-0.1, -0.05) is 0 Å². The Bertz CT molecular complexity index is 1230. The average molecular weight is 505 g/mol. The number of methoxy groups -OCH3 is 2. The minimum Gasteiger partial charge on any atom is -0.496 e. The van der Waals surface area contributed by atoms with Crippen molar-refractivity contribution in [2.75, 3.05) is 28.4 Å². The largest absolute Gasteiger partial charge is 0.496 e. The Kier molecular flexibility index (Phi) is 4.36. The zero-order chi connectivity index (χ0) is 26.2. The number of cyclic esters (lactones) is 2. The third kappa shape index (κ3) is 2.02. The fourth-order valence-electron chi connectivity index (χ4n) is 7.51. The molecule has 3 saturated heterocycles. The monoisotopic (exact) mass is 505 g/mol. The van der Waals surface area contributed by atoms with Crippen LogP contribution in [0.5, 0.6) is 17.2 Å². The lowest BCUT2D eigenvalue weighted by Crippen LogP contribution is -2.69. The van der Waals surface area contributed by atoms with Crippen LogP contribution in [0, 0.1) is 22.7 Å². The van der Waals surface area contributed by atoms with Gasteiger partial charge in [0, 0.05) is 25.1 Å². The highest BCUT2D eigenvalue weighted by molar-refractivity contribution is 6.04. The van der Waals surface area contributed by atoms with E-state index in [2.05, 4.69) is 0 Å². The Balaban J connectivity index is 1.65. The maximum atomic E-state index is 13.5. The molecule has 9 atom stereocenters. The van der Waals surface area contributed by atoms with Gasteiger partial charge < -0.3 is 33.9 Å². The second-order valence-electron chi connectivity index (χ2n) is 10.4. The molecular formula is C24H27NO11. The number of fused-ring (bicyclic) bond motifs is 8. The molecule has 12 nitrogen and oxygen atoms in total. The van der Waals surface area contributed by atoms with Crippen molar-refractivity contribution >= 4 is 17.8 Å². The van der Waals surface area contributed by atoms with Gasteiger partial charge in [0.1, 0.15) is 40.3 Å². The summed E-state index contributed by atoms with van der Waals surface area (Å²) in [6, 6.07) is 3.04. The van der Waals surface area contributed by atoms with E-state index in [4.69, 9.17) is 28.5 Å². The van der Waals surface area contributed by atoms with Gasteiger partial charge in [0.15, 0.2) is 11.2 Å². The number of hydrogen-bond donors (Lipinski definition) is 2. The summed E-state index contributed by atoms with van der Waals surface area (Å²) in [5.41, 5.74) is -7.07. The predicted molar refractivity (Wildman–Crippen MR) is 116 cm³/mol. The molecule has 36 heavy (non-hydrogen) atoms. The van der Waals surface area contributed by atoms with Crippen LogP contribution in [0.15, 0.2) is 12.1 Å². The summed E-state index contributed by atoms with van der Waals surface area (Å²) in [4.78, 5) is 44.8. The second kappa shape index (κ2) is 6.68. The summed E-state index contributed by atoms with van der Waals surface area (Å²) >= 11 is 0. The summed E-state index contributed by atoms with van der Waals surface area (Å²) in [5.74, 6) is -4.00. The minimum absolute atomic E-state index is 0.0952. The van der Waals surface area contributed by atoms with Crippen LogP contribution in [-0.4, -0.2) is 85.4 Å². The molecule has 6 rings (SSSR count). The van der Waals surface area contributed by atoms with Crippen molar-refractivity contribution in [3.63, 3.8) is 0 Å². The minimum atomic E-state index is -2.27. The first kappa shape index (κ1) is 23.5. The Morgan fingerprint density at radius 2 is 1.75 bits per heavy atom. The van der Waals surface area contributed by atoms with Crippen LogP contribution in [0.4, 0.5) is 0 Å². The summed E-state index contributed by atoms with van der Waals surface area (Å²) in [5, 5.41) is 25.2. The van der Waals surface area contributed by atoms with Crippen molar-refractivity contribution in [2.45, 2.75) is 43.4 Å². The smallest absolute Gasteiger partial charge is 0.323 e. The van der Waals surface area contributed by atoms with Gasteiger partial charge >= 0.3 is 11.9 Å². The molecule has 1 aromatic rings. The first-order valence-electron chi connectivity index (χ1n) is 11.5. The normalized spacial score (nSPS) is 44.9. The van der Waals surface area contributed by atoms with Crippen LogP contribution in [0.2, 0.25) is 0 Å². The number of ether oxygens (including phenoxy) is 5. The van der Waals surface area contributed by atoms with Crippen molar-refractivity contribution in [1.29, 1.82) is 0 Å². The van der Waals surface area contributed by atoms with Crippen molar-refractivity contribution in [3.8, 4) is 17.2 Å². The van der Waals surface area contributed by atoms with Crippen LogP contribution >= 0.6 is 0 Å². The lowest BCUT2D eigenvalue weighted by molar-refractivity contribution is -0.199. The predicted octanol–water partition coefficient (Wildman–Crippen LogP) is -0.474. The average Bonchev–Trinajstić information content (AvgIpc) is 3.52. The van der Waals surface area contributed by atoms with E-state index in [0.29, 0.717) is 5.75 Å². The molecule has 1 aliphatic carbocycles. The van der Waals surface area contributed by atoms with E-state index in [1.165, 1.54) is 47.4 Å². The van der Waals surface area contributed by atoms with Gasteiger partial charge in [-0.3, -0.25) is 19.2 Å². The number of hydroxylamine groups is 2. The van der Waals surface area contributed by atoms with E-state index in [1.807, 2.05) is 0 Å². The van der Waals surface area contributed by atoms with Gasteiger partial charge in [0.2, 0.25) is 0 Å². The molecule has 1 spiro atoms. The van der Waals surface area contributed by atoms with Gasteiger partial charge in [-0.15, -0.1) is 0 Å². The van der Waals surface area contributed by atoms with Crippen LogP contribution in [-0.2, 0) is 34.3 Å². The number of esters is 2. The molecule has 4 aliphatic heterocycles. The van der Waals surface area contributed by atoms with Crippen LogP contribution < -0.4 is 14.2 Å². The first-order chi connectivity index (χ1) is 16.9. The van der Waals surface area contributed by atoms with Crippen LogP contribution in [0.25, 0.3) is 0 Å². The number of rotatable bonds is 4. The number of hydrogen-bond acceptors (Lipinski definition) is 11. The molecule has 12 heteroatoms. The zero-order valence-electron chi connectivity index (χ0n) is 20.6. The summed E-state index contributed by atoms with van der Waals surface area (Å²) in [7, 11) is 5.48. The number of nitrogens with zero attached hydrogens (tertiary/aromatic N) is 1.